The first-order valence-corrected chi connectivity index (χ1v) is 2.96. The molecule has 1 nitrogen and oxygen atoms in total. The molecule has 44 valence electrons. The Balaban J connectivity index is 2.46. The second-order valence-electron chi connectivity index (χ2n) is 2.01. The Morgan fingerprint density at radius 2 is 2.38 bits per heavy atom. The first-order chi connectivity index (χ1) is 3.89. The third-order valence-corrected chi connectivity index (χ3v) is 1.20. The van der Waals surface area contributed by atoms with Gasteiger partial charge in [0.2, 0.25) is 0 Å². The fourth-order valence-corrected chi connectivity index (χ4v) is 0.699. The van der Waals surface area contributed by atoms with Gasteiger partial charge >= 0.3 is 0 Å². The SMILES string of the molecule is CC1C=CC=CCN1. The van der Waals surface area contributed by atoms with Crippen LogP contribution in [0, 0.1) is 0 Å². The Morgan fingerprint density at radius 3 is 3.25 bits per heavy atom. The Hall–Kier alpha value is -0.560. The van der Waals surface area contributed by atoms with Gasteiger partial charge in [0.25, 0.3) is 0 Å². The molecule has 1 aliphatic heterocycles. The third kappa shape index (κ3) is 1.51. The van der Waals surface area contributed by atoms with Gasteiger partial charge in [0.1, 0.15) is 0 Å². The summed E-state index contributed by atoms with van der Waals surface area (Å²) in [7, 11) is 0. The van der Waals surface area contributed by atoms with Crippen molar-refractivity contribution in [3.05, 3.63) is 24.3 Å². The van der Waals surface area contributed by atoms with Gasteiger partial charge in [0.15, 0.2) is 0 Å². The minimum absolute atomic E-state index is 0.532. The summed E-state index contributed by atoms with van der Waals surface area (Å²) in [6.45, 7) is 3.14. The lowest BCUT2D eigenvalue weighted by atomic mass is 10.3. The molecule has 1 heterocycles. The maximum absolute atomic E-state index is 3.27. The first-order valence-electron chi connectivity index (χ1n) is 2.96. The van der Waals surface area contributed by atoms with Crippen LogP contribution in [0.2, 0.25) is 0 Å². The summed E-state index contributed by atoms with van der Waals surface area (Å²) in [5, 5.41) is 3.27. The predicted molar refractivity (Wildman–Crippen MR) is 35.7 cm³/mol. The molecule has 0 aromatic heterocycles. The predicted octanol–water partition coefficient (Wildman–Crippen LogP) is 1.09. The lowest BCUT2D eigenvalue weighted by Gasteiger charge is -2.02. The van der Waals surface area contributed by atoms with Crippen LogP contribution in [0.1, 0.15) is 6.92 Å². The van der Waals surface area contributed by atoms with E-state index in [1.54, 1.807) is 0 Å². The highest BCUT2D eigenvalue weighted by atomic mass is 14.9. The molecule has 1 N–H and O–H groups in total. The number of allylic oxidation sites excluding steroid dienone is 2. The number of hydrogen-bond donors (Lipinski definition) is 1. The van der Waals surface area contributed by atoms with E-state index in [0.717, 1.165) is 6.54 Å². The molecule has 0 spiro atoms. The van der Waals surface area contributed by atoms with E-state index in [4.69, 9.17) is 0 Å². The van der Waals surface area contributed by atoms with E-state index in [-0.39, 0.29) is 0 Å². The van der Waals surface area contributed by atoms with Crippen LogP contribution in [0.5, 0.6) is 0 Å². The Kier molecular flexibility index (Phi) is 1.86. The molecular weight excluding hydrogens is 98.1 g/mol. The van der Waals surface area contributed by atoms with Crippen LogP contribution in [0.4, 0.5) is 0 Å². The van der Waals surface area contributed by atoms with Gasteiger partial charge in [-0.1, -0.05) is 24.3 Å². The zero-order valence-electron chi connectivity index (χ0n) is 5.09. The molecule has 0 saturated heterocycles. The Labute approximate surface area is 50.1 Å². The van der Waals surface area contributed by atoms with Crippen LogP contribution in [0.3, 0.4) is 0 Å². The maximum Gasteiger partial charge on any atom is 0.0227 e. The van der Waals surface area contributed by atoms with Crippen LogP contribution in [0.25, 0.3) is 0 Å². The van der Waals surface area contributed by atoms with E-state index in [1.165, 1.54) is 0 Å². The molecule has 0 radical (unpaired) electrons. The lowest BCUT2D eigenvalue weighted by Crippen LogP contribution is -2.22. The molecule has 8 heavy (non-hydrogen) atoms. The van der Waals surface area contributed by atoms with Gasteiger partial charge in [-0.25, -0.2) is 0 Å². The van der Waals surface area contributed by atoms with Gasteiger partial charge < -0.3 is 5.32 Å². The summed E-state index contributed by atoms with van der Waals surface area (Å²) in [5.74, 6) is 0. The monoisotopic (exact) mass is 109 g/mol. The van der Waals surface area contributed by atoms with E-state index in [1.807, 2.05) is 0 Å². The molecule has 0 aromatic rings. The third-order valence-electron chi connectivity index (χ3n) is 1.20. The van der Waals surface area contributed by atoms with Crippen LogP contribution < -0.4 is 5.32 Å². The maximum atomic E-state index is 3.27. The largest absolute Gasteiger partial charge is 0.307 e. The van der Waals surface area contributed by atoms with Gasteiger partial charge in [-0.3, -0.25) is 0 Å². The molecular formula is C7H11N. The molecule has 0 aliphatic carbocycles. The number of hydrogen-bond acceptors (Lipinski definition) is 1. The highest BCUT2D eigenvalue weighted by Crippen LogP contribution is 1.89. The van der Waals surface area contributed by atoms with Crippen LogP contribution in [-0.2, 0) is 0 Å². The molecule has 0 aromatic carbocycles. The smallest absolute Gasteiger partial charge is 0.0227 e. The molecule has 1 aliphatic rings. The van der Waals surface area contributed by atoms with Crippen LogP contribution in [-0.4, -0.2) is 12.6 Å². The fraction of sp³-hybridized carbons (Fsp3) is 0.429. The summed E-state index contributed by atoms with van der Waals surface area (Å²) in [4.78, 5) is 0. The van der Waals surface area contributed by atoms with Gasteiger partial charge in [-0.15, -0.1) is 0 Å². The van der Waals surface area contributed by atoms with Crippen molar-refractivity contribution in [1.29, 1.82) is 0 Å². The molecule has 0 saturated carbocycles. The summed E-state index contributed by atoms with van der Waals surface area (Å²) in [6.07, 6.45) is 8.39. The van der Waals surface area contributed by atoms with E-state index in [9.17, 15) is 0 Å². The fourth-order valence-electron chi connectivity index (χ4n) is 0.699. The Bertz CT molecular complexity index is 114. The van der Waals surface area contributed by atoms with Crippen molar-refractivity contribution < 1.29 is 0 Å². The molecule has 1 atom stereocenters. The lowest BCUT2D eigenvalue weighted by molar-refractivity contribution is 0.690. The average Bonchev–Trinajstić information content (AvgIpc) is 1.94. The molecule has 1 unspecified atom stereocenters. The van der Waals surface area contributed by atoms with Crippen LogP contribution in [0.15, 0.2) is 24.3 Å². The topological polar surface area (TPSA) is 12.0 Å². The zero-order valence-corrected chi connectivity index (χ0v) is 5.09. The van der Waals surface area contributed by atoms with Crippen molar-refractivity contribution in [3.8, 4) is 0 Å². The Morgan fingerprint density at radius 1 is 1.50 bits per heavy atom. The molecule has 1 heteroatoms. The van der Waals surface area contributed by atoms with E-state index in [0.29, 0.717) is 6.04 Å². The van der Waals surface area contributed by atoms with Crippen molar-refractivity contribution in [2.75, 3.05) is 6.54 Å². The summed E-state index contributed by atoms with van der Waals surface area (Å²) in [5.41, 5.74) is 0. The van der Waals surface area contributed by atoms with Crippen molar-refractivity contribution in [3.63, 3.8) is 0 Å². The van der Waals surface area contributed by atoms with Crippen LogP contribution >= 0.6 is 0 Å². The number of rotatable bonds is 0. The molecule has 0 bridgehead atoms. The molecule has 0 fully saturated rings. The second kappa shape index (κ2) is 2.68. The molecule has 0 amide bonds. The molecule has 1 rings (SSSR count). The first kappa shape index (κ1) is 5.57. The van der Waals surface area contributed by atoms with Crippen molar-refractivity contribution in [2.45, 2.75) is 13.0 Å². The second-order valence-corrected chi connectivity index (χ2v) is 2.01. The van der Waals surface area contributed by atoms with Gasteiger partial charge in [-0.05, 0) is 6.92 Å². The normalized spacial score (nSPS) is 27.9. The zero-order chi connectivity index (χ0) is 5.82. The van der Waals surface area contributed by atoms with E-state index < -0.39 is 0 Å². The summed E-state index contributed by atoms with van der Waals surface area (Å²) < 4.78 is 0. The average molecular weight is 109 g/mol. The van der Waals surface area contributed by atoms with E-state index in [2.05, 4.69) is 36.5 Å². The van der Waals surface area contributed by atoms with Gasteiger partial charge in [0.05, 0.1) is 0 Å². The minimum atomic E-state index is 0.532. The van der Waals surface area contributed by atoms with Crippen molar-refractivity contribution in [1.82, 2.24) is 5.32 Å². The highest BCUT2D eigenvalue weighted by Gasteiger charge is 1.92. The highest BCUT2D eigenvalue weighted by molar-refractivity contribution is 5.09. The van der Waals surface area contributed by atoms with Crippen molar-refractivity contribution >= 4 is 0 Å². The summed E-state index contributed by atoms with van der Waals surface area (Å²) >= 11 is 0. The standard InChI is InChI=1S/C7H11N/c1-7-5-3-2-4-6-8-7/h2-5,7-8H,6H2,1H3. The quantitative estimate of drug-likeness (QED) is 0.491. The summed E-state index contributed by atoms with van der Waals surface area (Å²) in [6, 6.07) is 0.532. The number of nitrogens with one attached hydrogen (secondary N) is 1. The van der Waals surface area contributed by atoms with Crippen molar-refractivity contribution in [2.24, 2.45) is 0 Å². The van der Waals surface area contributed by atoms with Gasteiger partial charge in [-0.2, -0.15) is 0 Å². The minimum Gasteiger partial charge on any atom is -0.307 e. The van der Waals surface area contributed by atoms with E-state index >= 15 is 0 Å². The van der Waals surface area contributed by atoms with Gasteiger partial charge in [0, 0.05) is 12.6 Å².